The van der Waals surface area contributed by atoms with E-state index in [1.54, 1.807) is 0 Å². The van der Waals surface area contributed by atoms with Crippen LogP contribution >= 0.6 is 23.2 Å². The van der Waals surface area contributed by atoms with E-state index < -0.39 is 17.4 Å². The van der Waals surface area contributed by atoms with Crippen molar-refractivity contribution < 1.29 is 19.6 Å². The predicted molar refractivity (Wildman–Crippen MR) is 68.7 cm³/mol. The van der Waals surface area contributed by atoms with E-state index >= 15 is 0 Å². The Morgan fingerprint density at radius 1 is 1.42 bits per heavy atom. The molecule has 0 aliphatic rings. The Kier molecular flexibility index (Phi) is 5.81. The molecule has 0 heterocycles. The van der Waals surface area contributed by atoms with Crippen LogP contribution in [0.5, 0.6) is 5.75 Å². The van der Waals surface area contributed by atoms with Crippen LogP contribution in [-0.4, -0.2) is 35.7 Å². The molecule has 0 unspecified atom stereocenters. The first kappa shape index (κ1) is 15.5. The molecular formula is C10H10Cl2N2O5. The lowest BCUT2D eigenvalue weighted by atomic mass is 10.3. The fourth-order valence-corrected chi connectivity index (χ4v) is 1.48. The maximum atomic E-state index is 11.2. The minimum absolute atomic E-state index is 0.0189. The number of aliphatic hydroxyl groups is 1. The zero-order valence-corrected chi connectivity index (χ0v) is 11.1. The number of nitrogens with zero attached hydrogens (tertiary/aromatic N) is 1. The van der Waals surface area contributed by atoms with E-state index in [1.165, 1.54) is 6.07 Å². The van der Waals surface area contributed by atoms with Gasteiger partial charge in [0.2, 0.25) is 0 Å². The van der Waals surface area contributed by atoms with Crippen molar-refractivity contribution in [2.45, 2.75) is 0 Å². The van der Waals surface area contributed by atoms with Gasteiger partial charge in [-0.3, -0.25) is 14.9 Å². The van der Waals surface area contributed by atoms with E-state index in [2.05, 4.69) is 5.32 Å². The molecule has 0 bridgehead atoms. The number of halogens is 2. The molecule has 1 aromatic carbocycles. The van der Waals surface area contributed by atoms with Crippen molar-refractivity contribution in [1.82, 2.24) is 5.32 Å². The first-order chi connectivity index (χ1) is 8.95. The molecule has 0 aliphatic heterocycles. The molecule has 0 atom stereocenters. The van der Waals surface area contributed by atoms with Crippen molar-refractivity contribution in [3.05, 3.63) is 32.3 Å². The molecule has 1 rings (SSSR count). The van der Waals surface area contributed by atoms with Gasteiger partial charge >= 0.3 is 5.69 Å². The van der Waals surface area contributed by atoms with Gasteiger partial charge in [0.15, 0.2) is 12.4 Å². The van der Waals surface area contributed by atoms with E-state index in [0.717, 1.165) is 6.07 Å². The van der Waals surface area contributed by atoms with Crippen LogP contribution in [0.2, 0.25) is 10.0 Å². The quantitative estimate of drug-likeness (QED) is 0.611. The summed E-state index contributed by atoms with van der Waals surface area (Å²) in [7, 11) is 0. The highest BCUT2D eigenvalue weighted by Crippen LogP contribution is 2.35. The van der Waals surface area contributed by atoms with E-state index in [9.17, 15) is 14.9 Å². The van der Waals surface area contributed by atoms with Gasteiger partial charge in [-0.2, -0.15) is 0 Å². The Labute approximate surface area is 118 Å². The standard InChI is InChI=1S/C10H10Cl2N2O5/c11-6-3-8(14(17)18)9(4-7(6)12)19-5-10(16)13-1-2-15/h3-4,15H,1-2,5H2,(H,13,16). The first-order valence-corrected chi connectivity index (χ1v) is 5.85. The van der Waals surface area contributed by atoms with Crippen molar-refractivity contribution in [2.75, 3.05) is 19.8 Å². The topological polar surface area (TPSA) is 102 Å². The molecule has 0 saturated carbocycles. The normalized spacial score (nSPS) is 10.1. The Bertz CT molecular complexity index is 495. The van der Waals surface area contributed by atoms with Crippen LogP contribution in [0.25, 0.3) is 0 Å². The molecule has 1 aromatic rings. The second-order valence-electron chi connectivity index (χ2n) is 3.35. The number of hydrogen-bond acceptors (Lipinski definition) is 5. The van der Waals surface area contributed by atoms with Gasteiger partial charge in [-0.1, -0.05) is 23.2 Å². The average molecular weight is 309 g/mol. The zero-order valence-electron chi connectivity index (χ0n) is 9.56. The molecule has 7 nitrogen and oxygen atoms in total. The summed E-state index contributed by atoms with van der Waals surface area (Å²) in [5, 5.41) is 21.7. The third-order valence-corrected chi connectivity index (χ3v) is 2.71. The summed E-state index contributed by atoms with van der Waals surface area (Å²) in [6.07, 6.45) is 0. The van der Waals surface area contributed by atoms with Crippen LogP contribution in [-0.2, 0) is 4.79 Å². The summed E-state index contributed by atoms with van der Waals surface area (Å²) in [5.41, 5.74) is -0.385. The molecule has 0 spiro atoms. The Morgan fingerprint density at radius 2 is 2.05 bits per heavy atom. The van der Waals surface area contributed by atoms with E-state index in [-0.39, 0.29) is 34.6 Å². The number of rotatable bonds is 6. The Balaban J connectivity index is 2.79. The lowest BCUT2D eigenvalue weighted by Crippen LogP contribution is -2.31. The highest BCUT2D eigenvalue weighted by atomic mass is 35.5. The molecule has 19 heavy (non-hydrogen) atoms. The zero-order chi connectivity index (χ0) is 14.4. The summed E-state index contributed by atoms with van der Waals surface area (Å²) in [6, 6.07) is 2.21. The molecular weight excluding hydrogens is 299 g/mol. The van der Waals surface area contributed by atoms with Gasteiger partial charge in [0.05, 0.1) is 21.6 Å². The minimum atomic E-state index is -0.691. The number of ether oxygens (including phenoxy) is 1. The second-order valence-corrected chi connectivity index (χ2v) is 4.17. The molecule has 0 aromatic heterocycles. The number of benzene rings is 1. The van der Waals surface area contributed by atoms with Gasteiger partial charge in [-0.25, -0.2) is 0 Å². The summed E-state index contributed by atoms with van der Waals surface area (Å²) < 4.78 is 5.01. The number of amides is 1. The van der Waals surface area contributed by atoms with Crippen LogP contribution in [0.3, 0.4) is 0 Å². The number of aliphatic hydroxyl groups excluding tert-OH is 1. The largest absolute Gasteiger partial charge is 0.477 e. The summed E-state index contributed by atoms with van der Waals surface area (Å²) in [6.45, 7) is -0.566. The highest BCUT2D eigenvalue weighted by molar-refractivity contribution is 6.42. The maximum Gasteiger partial charge on any atom is 0.312 e. The lowest BCUT2D eigenvalue weighted by molar-refractivity contribution is -0.385. The second kappa shape index (κ2) is 7.13. The van der Waals surface area contributed by atoms with Crippen LogP contribution in [0.1, 0.15) is 0 Å². The smallest absolute Gasteiger partial charge is 0.312 e. The fourth-order valence-electron chi connectivity index (χ4n) is 1.17. The lowest BCUT2D eigenvalue weighted by Gasteiger charge is -2.08. The molecule has 0 aliphatic carbocycles. The SMILES string of the molecule is O=C(COc1cc(Cl)c(Cl)cc1[N+](=O)[O-])NCCO. The molecule has 1 amide bonds. The number of hydrogen-bond donors (Lipinski definition) is 2. The van der Waals surface area contributed by atoms with Crippen molar-refractivity contribution in [3.63, 3.8) is 0 Å². The van der Waals surface area contributed by atoms with Gasteiger partial charge < -0.3 is 15.2 Å². The van der Waals surface area contributed by atoms with Crippen molar-refractivity contribution in [1.29, 1.82) is 0 Å². The van der Waals surface area contributed by atoms with Gasteiger partial charge in [-0.15, -0.1) is 0 Å². The molecule has 2 N–H and O–H groups in total. The average Bonchev–Trinajstić information content (AvgIpc) is 2.36. The maximum absolute atomic E-state index is 11.2. The molecule has 0 fully saturated rings. The first-order valence-electron chi connectivity index (χ1n) is 5.09. The fraction of sp³-hybridized carbons (Fsp3) is 0.300. The number of carbonyl (C=O) groups is 1. The molecule has 0 radical (unpaired) electrons. The number of carbonyl (C=O) groups excluding carboxylic acids is 1. The highest BCUT2D eigenvalue weighted by Gasteiger charge is 2.19. The van der Waals surface area contributed by atoms with E-state index in [1.807, 2.05) is 0 Å². The number of nitrogens with one attached hydrogen (secondary N) is 1. The van der Waals surface area contributed by atoms with Gasteiger partial charge in [0.25, 0.3) is 5.91 Å². The van der Waals surface area contributed by atoms with Crippen molar-refractivity contribution in [3.8, 4) is 5.75 Å². The van der Waals surface area contributed by atoms with Crippen LogP contribution in [0, 0.1) is 10.1 Å². The molecule has 0 saturated heterocycles. The molecule has 104 valence electrons. The van der Waals surface area contributed by atoms with E-state index in [0.29, 0.717) is 0 Å². The monoisotopic (exact) mass is 308 g/mol. The predicted octanol–water partition coefficient (Wildman–Crippen LogP) is 1.39. The van der Waals surface area contributed by atoms with E-state index in [4.69, 9.17) is 33.0 Å². The van der Waals surface area contributed by atoms with Gasteiger partial charge in [0, 0.05) is 18.7 Å². The third-order valence-electron chi connectivity index (χ3n) is 1.99. The number of nitro benzene ring substituents is 1. The van der Waals surface area contributed by atoms with Crippen LogP contribution < -0.4 is 10.1 Å². The number of nitro groups is 1. The summed E-state index contributed by atoms with van der Waals surface area (Å²) in [4.78, 5) is 21.3. The molecule has 9 heteroatoms. The van der Waals surface area contributed by atoms with Gasteiger partial charge in [-0.05, 0) is 0 Å². The summed E-state index contributed by atoms with van der Waals surface area (Å²) in [5.74, 6) is -0.673. The minimum Gasteiger partial charge on any atom is -0.477 e. The van der Waals surface area contributed by atoms with Crippen molar-refractivity contribution in [2.24, 2.45) is 0 Å². The van der Waals surface area contributed by atoms with Gasteiger partial charge in [0.1, 0.15) is 0 Å². The Hall–Kier alpha value is -1.57. The third kappa shape index (κ3) is 4.55. The summed E-state index contributed by atoms with van der Waals surface area (Å²) >= 11 is 11.4. The Morgan fingerprint density at radius 3 is 2.63 bits per heavy atom. The van der Waals surface area contributed by atoms with Crippen LogP contribution in [0.15, 0.2) is 12.1 Å². The van der Waals surface area contributed by atoms with Crippen LogP contribution in [0.4, 0.5) is 5.69 Å². The van der Waals surface area contributed by atoms with Crippen molar-refractivity contribution >= 4 is 34.8 Å².